The standard InChI is InChI=1S/C27H31F3N6O7S/c1-5-26(38)42-19(3)43-33-36(39)34(4)16-6-7-25(37)32-44(40,41)22-14-12-21(13-15-22)35-23(17-24(31-35)27(28,29)30)20-10-8-18(2)9-11-20/h8-15,17,19H,5-7,16H2,1-4H3,(H,32,37). The predicted molar refractivity (Wildman–Crippen MR) is 149 cm³/mol. The lowest BCUT2D eigenvalue weighted by atomic mass is 10.1. The molecule has 17 heteroatoms. The third-order valence-electron chi connectivity index (χ3n) is 6.02. The number of aromatic nitrogens is 2. The summed E-state index contributed by atoms with van der Waals surface area (Å²) in [5.41, 5.74) is 0.586. The van der Waals surface area contributed by atoms with Crippen molar-refractivity contribution in [3.63, 3.8) is 0 Å². The monoisotopic (exact) mass is 640 g/mol. The molecule has 1 heterocycles. The molecule has 0 bridgehead atoms. The van der Waals surface area contributed by atoms with E-state index in [1.54, 1.807) is 31.2 Å². The van der Waals surface area contributed by atoms with Crippen LogP contribution in [0.1, 0.15) is 44.4 Å². The van der Waals surface area contributed by atoms with E-state index in [0.29, 0.717) is 5.56 Å². The van der Waals surface area contributed by atoms with Crippen LogP contribution in [0.2, 0.25) is 0 Å². The third kappa shape index (κ3) is 9.16. The van der Waals surface area contributed by atoms with E-state index >= 15 is 0 Å². The van der Waals surface area contributed by atoms with Crippen molar-refractivity contribution in [2.45, 2.75) is 57.4 Å². The fraction of sp³-hybridized carbons (Fsp3) is 0.370. The molecule has 0 radical (unpaired) electrons. The number of sulfonamides is 1. The van der Waals surface area contributed by atoms with E-state index < -0.39 is 40.1 Å². The number of alkyl halides is 3. The number of nitrogens with zero attached hydrogens (tertiary/aromatic N) is 5. The van der Waals surface area contributed by atoms with Crippen LogP contribution >= 0.6 is 0 Å². The SMILES string of the molecule is CCC(=O)OC(C)ON=[N+]([O-])N(C)CCCC(=O)NS(=O)(=O)c1ccc(-n2nc(C(F)(F)F)cc2-c2ccc(C)cc2)cc1. The molecule has 0 aliphatic carbocycles. The molecule has 1 atom stereocenters. The summed E-state index contributed by atoms with van der Waals surface area (Å²) in [4.78, 5) is 28.1. The van der Waals surface area contributed by atoms with Crippen molar-refractivity contribution < 1.29 is 45.7 Å². The zero-order valence-corrected chi connectivity index (χ0v) is 25.1. The molecule has 0 spiro atoms. The number of halogens is 3. The molecular formula is C27H31F3N6O7S. The van der Waals surface area contributed by atoms with Crippen molar-refractivity contribution in [2.24, 2.45) is 5.28 Å². The number of carbonyl (C=O) groups is 2. The highest BCUT2D eigenvalue weighted by Crippen LogP contribution is 2.33. The number of hydrazine groups is 1. The van der Waals surface area contributed by atoms with Crippen LogP contribution in [-0.2, 0) is 35.4 Å². The van der Waals surface area contributed by atoms with Crippen molar-refractivity contribution in [2.75, 3.05) is 13.6 Å². The Bertz CT molecular complexity index is 1590. The molecule has 44 heavy (non-hydrogen) atoms. The summed E-state index contributed by atoms with van der Waals surface area (Å²) in [5.74, 6) is -1.39. The quantitative estimate of drug-likeness (QED) is 0.0934. The summed E-state index contributed by atoms with van der Waals surface area (Å²) in [6, 6.07) is 12.5. The van der Waals surface area contributed by atoms with Crippen LogP contribution in [-0.4, -0.2) is 59.9 Å². The van der Waals surface area contributed by atoms with Crippen LogP contribution < -0.4 is 4.72 Å². The van der Waals surface area contributed by atoms with E-state index in [1.165, 1.54) is 26.1 Å². The van der Waals surface area contributed by atoms with Crippen LogP contribution in [0, 0.1) is 12.1 Å². The Hall–Kier alpha value is -4.67. The van der Waals surface area contributed by atoms with Crippen LogP contribution in [0.3, 0.4) is 0 Å². The molecule has 0 saturated heterocycles. The number of esters is 1. The first-order chi connectivity index (χ1) is 20.6. The second-order valence-corrected chi connectivity index (χ2v) is 11.2. The number of ether oxygens (including phenoxy) is 1. The third-order valence-corrected chi connectivity index (χ3v) is 7.41. The lowest BCUT2D eigenvalue weighted by molar-refractivity contribution is -0.707. The summed E-state index contributed by atoms with van der Waals surface area (Å²) >= 11 is 0. The van der Waals surface area contributed by atoms with E-state index in [9.17, 15) is 36.4 Å². The molecule has 0 fully saturated rings. The van der Waals surface area contributed by atoms with Crippen molar-refractivity contribution in [1.82, 2.24) is 19.5 Å². The van der Waals surface area contributed by atoms with Gasteiger partial charge in [-0.05, 0) is 43.7 Å². The average molecular weight is 641 g/mol. The van der Waals surface area contributed by atoms with E-state index in [4.69, 9.17) is 9.57 Å². The highest BCUT2D eigenvalue weighted by Gasteiger charge is 2.35. The van der Waals surface area contributed by atoms with Gasteiger partial charge < -0.3 is 9.94 Å². The maximum Gasteiger partial charge on any atom is 0.435 e. The molecule has 0 aliphatic heterocycles. The molecule has 1 N–H and O–H groups in total. The minimum absolute atomic E-state index is 0.00520. The number of hydrogen-bond acceptors (Lipinski definition) is 9. The summed E-state index contributed by atoms with van der Waals surface area (Å²) in [5, 5.41) is 19.9. The van der Waals surface area contributed by atoms with E-state index in [-0.39, 0.29) is 47.1 Å². The zero-order chi connectivity index (χ0) is 32.7. The number of hydrogen-bond donors (Lipinski definition) is 1. The molecule has 2 aromatic carbocycles. The van der Waals surface area contributed by atoms with Gasteiger partial charge in [0.25, 0.3) is 16.3 Å². The maximum atomic E-state index is 13.5. The fourth-order valence-corrected chi connectivity index (χ4v) is 4.70. The van der Waals surface area contributed by atoms with Gasteiger partial charge in [0.15, 0.2) is 5.69 Å². The van der Waals surface area contributed by atoms with Gasteiger partial charge >= 0.3 is 12.1 Å². The van der Waals surface area contributed by atoms with Crippen molar-refractivity contribution in [3.05, 3.63) is 71.1 Å². The minimum Gasteiger partial charge on any atom is -0.569 e. The highest BCUT2D eigenvalue weighted by molar-refractivity contribution is 7.90. The molecule has 1 aromatic heterocycles. The number of carbonyl (C=O) groups excluding carboxylic acids is 2. The smallest absolute Gasteiger partial charge is 0.435 e. The van der Waals surface area contributed by atoms with Gasteiger partial charge in [-0.15, -0.1) is 5.01 Å². The molecule has 0 saturated carbocycles. The first kappa shape index (κ1) is 33.8. The first-order valence-corrected chi connectivity index (χ1v) is 14.7. The molecule has 3 aromatic rings. The van der Waals surface area contributed by atoms with Crippen LogP contribution in [0.4, 0.5) is 13.2 Å². The lowest BCUT2D eigenvalue weighted by Crippen LogP contribution is -2.32. The first-order valence-electron chi connectivity index (χ1n) is 13.3. The topological polar surface area (TPSA) is 158 Å². The fourth-order valence-electron chi connectivity index (χ4n) is 3.69. The van der Waals surface area contributed by atoms with Gasteiger partial charge in [-0.3, -0.25) is 14.4 Å². The van der Waals surface area contributed by atoms with Crippen LogP contribution in [0.25, 0.3) is 16.9 Å². The summed E-state index contributed by atoms with van der Waals surface area (Å²) in [7, 11) is -2.97. The predicted octanol–water partition coefficient (Wildman–Crippen LogP) is 4.49. The number of aryl methyl sites for hydroxylation is 1. The number of amides is 1. The Morgan fingerprint density at radius 3 is 2.39 bits per heavy atom. The Labute approximate surface area is 251 Å². The van der Waals surface area contributed by atoms with Crippen molar-refractivity contribution in [1.29, 1.82) is 0 Å². The molecule has 0 aliphatic rings. The van der Waals surface area contributed by atoms with Gasteiger partial charge in [0.1, 0.15) is 0 Å². The minimum atomic E-state index is -4.70. The van der Waals surface area contributed by atoms with Gasteiger partial charge in [-0.2, -0.15) is 18.3 Å². The van der Waals surface area contributed by atoms with Gasteiger partial charge in [0.2, 0.25) is 11.2 Å². The van der Waals surface area contributed by atoms with E-state index in [0.717, 1.165) is 33.5 Å². The normalized spacial score (nSPS) is 12.8. The largest absolute Gasteiger partial charge is 0.569 e. The zero-order valence-electron chi connectivity index (χ0n) is 24.2. The summed E-state index contributed by atoms with van der Waals surface area (Å²) in [6.07, 6.45) is -5.89. The molecule has 1 amide bonds. The lowest BCUT2D eigenvalue weighted by Gasteiger charge is -2.14. The van der Waals surface area contributed by atoms with Gasteiger partial charge in [0, 0.05) is 25.3 Å². The van der Waals surface area contributed by atoms with Crippen molar-refractivity contribution in [3.8, 4) is 16.9 Å². The van der Waals surface area contributed by atoms with Crippen LogP contribution in [0.15, 0.2) is 64.8 Å². The number of nitrogens with one attached hydrogen (secondary N) is 1. The average Bonchev–Trinajstić information content (AvgIpc) is 3.42. The van der Waals surface area contributed by atoms with Gasteiger partial charge in [-0.25, -0.2) is 17.8 Å². The Morgan fingerprint density at radius 1 is 1.16 bits per heavy atom. The molecule has 238 valence electrons. The van der Waals surface area contributed by atoms with E-state index in [1.807, 2.05) is 11.6 Å². The summed E-state index contributed by atoms with van der Waals surface area (Å²) in [6.45, 7) is 4.78. The van der Waals surface area contributed by atoms with Gasteiger partial charge in [0.05, 0.1) is 34.8 Å². The highest BCUT2D eigenvalue weighted by atomic mass is 32.2. The molecule has 1 unspecified atom stereocenters. The maximum absolute atomic E-state index is 13.5. The number of benzene rings is 2. The second-order valence-electron chi connectivity index (χ2n) is 9.55. The van der Waals surface area contributed by atoms with Gasteiger partial charge in [-0.1, -0.05) is 36.8 Å². The van der Waals surface area contributed by atoms with E-state index in [2.05, 4.69) is 10.4 Å². The molecule has 3 rings (SSSR count). The second kappa shape index (κ2) is 14.2. The Kier molecular flexibility index (Phi) is 10.9. The van der Waals surface area contributed by atoms with Crippen molar-refractivity contribution >= 4 is 21.9 Å². The number of rotatable bonds is 13. The molecule has 13 nitrogen and oxygen atoms in total. The summed E-state index contributed by atoms with van der Waals surface area (Å²) < 4.78 is 73.7. The Balaban J connectivity index is 1.63. The van der Waals surface area contributed by atoms with Crippen LogP contribution in [0.5, 0.6) is 0 Å². The Morgan fingerprint density at radius 2 is 1.80 bits per heavy atom. The molecular weight excluding hydrogens is 609 g/mol.